The second-order valence-corrected chi connectivity index (χ2v) is 28.0. The molecule has 0 saturated heterocycles. The molecule has 1 amide bonds. The monoisotopic (exact) mass is 1230 g/mol. The zero-order chi connectivity index (χ0) is 62.6. The normalized spacial score (nSPS) is 14.0. The Hall–Kier alpha value is -2.06. The number of unbranched alkanes of at least 4 members (excludes halogenated alkanes) is 46. The van der Waals surface area contributed by atoms with Gasteiger partial charge in [-0.05, 0) is 64.2 Å². The molecule has 0 aliphatic carbocycles. The van der Waals surface area contributed by atoms with Crippen molar-refractivity contribution in [2.24, 2.45) is 0 Å². The summed E-state index contributed by atoms with van der Waals surface area (Å²) in [7, 11) is 1.28. The number of hydrogen-bond acceptors (Lipinski definition) is 6. The molecule has 9 heteroatoms. The van der Waals surface area contributed by atoms with Crippen molar-refractivity contribution in [3.8, 4) is 0 Å². The van der Waals surface area contributed by atoms with Gasteiger partial charge in [-0.25, -0.2) is 0 Å². The van der Waals surface area contributed by atoms with Crippen molar-refractivity contribution in [2.75, 3.05) is 40.9 Å². The number of quaternary nitrogens is 1. The molecule has 0 bridgehead atoms. The van der Waals surface area contributed by atoms with Gasteiger partial charge in [0.1, 0.15) is 13.2 Å². The van der Waals surface area contributed by atoms with E-state index in [-0.39, 0.29) is 19.1 Å². The Bertz CT molecular complexity index is 1630. The molecule has 0 heterocycles. The number of carbonyl (C=O) groups is 1. The molecule has 8 nitrogen and oxygen atoms in total. The summed E-state index contributed by atoms with van der Waals surface area (Å²) in [4.78, 5) is 25.7. The molecule has 3 unspecified atom stereocenters. The molecule has 0 spiro atoms. The lowest BCUT2D eigenvalue weighted by molar-refractivity contribution is -0.870. The zero-order valence-electron chi connectivity index (χ0n) is 57.8. The molecule has 0 aromatic rings. The van der Waals surface area contributed by atoms with Gasteiger partial charge in [-0.15, -0.1) is 0 Å². The summed E-state index contributed by atoms with van der Waals surface area (Å²) in [5, 5.41) is 14.0. The quantitative estimate of drug-likeness (QED) is 0.0272. The fraction of sp³-hybridized carbons (Fsp3) is 0.831. The highest BCUT2D eigenvalue weighted by Crippen LogP contribution is 2.38. The topological polar surface area (TPSA) is 108 Å². The summed E-state index contributed by atoms with van der Waals surface area (Å²) in [5.41, 5.74) is 0. The van der Waals surface area contributed by atoms with Crippen molar-refractivity contribution in [3.05, 3.63) is 72.9 Å². The van der Waals surface area contributed by atoms with Crippen molar-refractivity contribution < 1.29 is 32.9 Å². The number of rotatable bonds is 69. The van der Waals surface area contributed by atoms with E-state index < -0.39 is 20.0 Å². The van der Waals surface area contributed by atoms with Crippen molar-refractivity contribution in [2.45, 2.75) is 373 Å². The lowest BCUT2D eigenvalue weighted by atomic mass is 10.0. The van der Waals surface area contributed by atoms with Gasteiger partial charge in [-0.3, -0.25) is 9.36 Å². The Kier molecular flexibility index (Phi) is 65.7. The second kappa shape index (κ2) is 67.3. The largest absolute Gasteiger partial charge is 0.756 e. The minimum atomic E-state index is -4.60. The van der Waals surface area contributed by atoms with Crippen LogP contribution in [0.3, 0.4) is 0 Å². The molecule has 2 N–H and O–H groups in total. The number of allylic oxidation sites excluding steroid dienone is 11. The molecule has 504 valence electrons. The zero-order valence-corrected chi connectivity index (χ0v) is 58.7. The van der Waals surface area contributed by atoms with E-state index in [0.29, 0.717) is 17.4 Å². The Labute approximate surface area is 535 Å². The maximum Gasteiger partial charge on any atom is 0.268 e. The molecular formula is C77H145N2O6P. The lowest BCUT2D eigenvalue weighted by Gasteiger charge is -2.29. The van der Waals surface area contributed by atoms with Crippen LogP contribution in [0.4, 0.5) is 0 Å². The minimum absolute atomic E-state index is 0.000195. The fourth-order valence-corrected chi connectivity index (χ4v) is 11.9. The SMILES string of the molecule is CC/C=C\C/C=C\C/C=C\C/C=C\C/C=C\CCCCCCCCCCCCCCCCCCCCCCCCCCCC(=O)NC(COP(=O)([O-])OCC[N+](C)(C)C)C(O)/C=C/CCCCCCCCCCCCCCCCCCCCCCC. The van der Waals surface area contributed by atoms with Gasteiger partial charge in [0.15, 0.2) is 0 Å². The van der Waals surface area contributed by atoms with E-state index in [1.807, 2.05) is 27.2 Å². The van der Waals surface area contributed by atoms with Gasteiger partial charge >= 0.3 is 0 Å². The predicted molar refractivity (Wildman–Crippen MR) is 376 cm³/mol. The van der Waals surface area contributed by atoms with E-state index >= 15 is 0 Å². The van der Waals surface area contributed by atoms with Crippen LogP contribution in [0.1, 0.15) is 361 Å². The first-order valence-electron chi connectivity index (χ1n) is 37.3. The van der Waals surface area contributed by atoms with Crippen LogP contribution in [0.25, 0.3) is 0 Å². The van der Waals surface area contributed by atoms with Crippen LogP contribution in [-0.4, -0.2) is 68.5 Å². The van der Waals surface area contributed by atoms with E-state index in [1.165, 1.54) is 270 Å². The molecule has 0 aromatic carbocycles. The smallest absolute Gasteiger partial charge is 0.268 e. The van der Waals surface area contributed by atoms with Crippen LogP contribution in [0, 0.1) is 0 Å². The summed E-state index contributed by atoms with van der Waals surface area (Å²) in [6, 6.07) is -0.888. The summed E-state index contributed by atoms with van der Waals surface area (Å²) in [5.74, 6) is -0.190. The lowest BCUT2D eigenvalue weighted by Crippen LogP contribution is -2.45. The molecule has 0 aliphatic heterocycles. The third-order valence-corrected chi connectivity index (χ3v) is 17.9. The maximum absolute atomic E-state index is 13.1. The Morgan fingerprint density at radius 1 is 0.419 bits per heavy atom. The molecule has 0 rings (SSSR count). The summed E-state index contributed by atoms with van der Waals surface area (Å²) in [6.07, 6.45) is 94.7. The summed E-state index contributed by atoms with van der Waals surface area (Å²) in [6.45, 7) is 4.58. The van der Waals surface area contributed by atoms with Crippen LogP contribution in [0.5, 0.6) is 0 Å². The number of aliphatic hydroxyl groups excluding tert-OH is 1. The number of nitrogens with zero attached hydrogens (tertiary/aromatic N) is 1. The number of carbonyl (C=O) groups excluding carboxylic acids is 1. The third-order valence-electron chi connectivity index (χ3n) is 16.9. The van der Waals surface area contributed by atoms with Crippen LogP contribution < -0.4 is 10.2 Å². The van der Waals surface area contributed by atoms with Gasteiger partial charge in [0, 0.05) is 6.42 Å². The van der Waals surface area contributed by atoms with Crippen molar-refractivity contribution in [1.82, 2.24) is 5.32 Å². The second-order valence-electron chi connectivity index (χ2n) is 26.6. The molecule has 0 aromatic heterocycles. The highest BCUT2D eigenvalue weighted by molar-refractivity contribution is 7.45. The average molecular weight is 1230 g/mol. The van der Waals surface area contributed by atoms with Crippen molar-refractivity contribution in [3.63, 3.8) is 0 Å². The van der Waals surface area contributed by atoms with E-state index in [4.69, 9.17) is 9.05 Å². The van der Waals surface area contributed by atoms with Crippen molar-refractivity contribution >= 4 is 13.7 Å². The first-order valence-corrected chi connectivity index (χ1v) is 38.8. The van der Waals surface area contributed by atoms with E-state index in [0.717, 1.165) is 70.6 Å². The molecular weight excluding hydrogens is 1080 g/mol. The molecule has 0 radical (unpaired) electrons. The minimum Gasteiger partial charge on any atom is -0.756 e. The van der Waals surface area contributed by atoms with Gasteiger partial charge in [0.25, 0.3) is 7.82 Å². The number of phosphoric ester groups is 1. The van der Waals surface area contributed by atoms with Crippen LogP contribution in [-0.2, 0) is 18.4 Å². The number of amides is 1. The highest BCUT2D eigenvalue weighted by atomic mass is 31.2. The summed E-state index contributed by atoms with van der Waals surface area (Å²) >= 11 is 0. The fourth-order valence-electron chi connectivity index (χ4n) is 11.2. The van der Waals surface area contributed by atoms with Gasteiger partial charge in [-0.1, -0.05) is 363 Å². The van der Waals surface area contributed by atoms with Crippen LogP contribution in [0.15, 0.2) is 72.9 Å². The van der Waals surface area contributed by atoms with Crippen LogP contribution in [0.2, 0.25) is 0 Å². The third kappa shape index (κ3) is 69.4. The molecule has 86 heavy (non-hydrogen) atoms. The number of nitrogens with one attached hydrogen (secondary N) is 1. The van der Waals surface area contributed by atoms with Crippen LogP contribution >= 0.6 is 7.82 Å². The van der Waals surface area contributed by atoms with E-state index in [9.17, 15) is 19.4 Å². The predicted octanol–water partition coefficient (Wildman–Crippen LogP) is 23.5. The first kappa shape index (κ1) is 83.9. The van der Waals surface area contributed by atoms with Gasteiger partial charge in [-0.2, -0.15) is 0 Å². The Morgan fingerprint density at radius 2 is 0.709 bits per heavy atom. The Morgan fingerprint density at radius 3 is 1.03 bits per heavy atom. The molecule has 0 aliphatic rings. The number of hydrogen-bond donors (Lipinski definition) is 2. The standard InChI is InChI=1S/C77H145N2O6P/c1-6-8-10-12-14-16-18-20-22-24-26-28-30-31-32-33-34-35-36-37-38-39-40-41-42-43-44-45-46-47-49-51-53-55-57-59-61-63-65-67-69-71-77(81)78-75(74-85-86(82,83)84-73-72-79(3,4)5)76(80)70-68-66-64-62-60-58-56-54-52-50-48-29-27-25-23-21-19-17-15-13-11-9-7-2/h8,10,14,16,20,22,26,28,31-32,68,70,75-76,80H,6-7,9,11-13,15,17-19,21,23-25,27,29-30,33-67,69,71-74H2,1-5H3,(H-,78,81,82,83)/b10-8-,16-14-,22-20-,28-26-,32-31-,70-68+. The van der Waals surface area contributed by atoms with Gasteiger partial charge in [0.2, 0.25) is 5.91 Å². The van der Waals surface area contributed by atoms with E-state index in [1.54, 1.807) is 6.08 Å². The number of aliphatic hydroxyl groups is 1. The highest BCUT2D eigenvalue weighted by Gasteiger charge is 2.23. The van der Waals surface area contributed by atoms with Gasteiger partial charge in [0.05, 0.1) is 39.9 Å². The maximum atomic E-state index is 13.1. The average Bonchev–Trinajstić information content (AvgIpc) is 3.70. The number of likely N-dealkylation sites (N-methyl/N-ethyl adjacent to an activating group) is 1. The van der Waals surface area contributed by atoms with Crippen molar-refractivity contribution in [1.29, 1.82) is 0 Å². The van der Waals surface area contributed by atoms with E-state index in [2.05, 4.69) is 79.9 Å². The Balaban J connectivity index is 3.93. The molecule has 0 fully saturated rings. The van der Waals surface area contributed by atoms with Gasteiger partial charge < -0.3 is 28.8 Å². The molecule has 3 atom stereocenters. The first-order chi connectivity index (χ1) is 42.0. The number of phosphoric acid groups is 1. The summed E-state index contributed by atoms with van der Waals surface area (Å²) < 4.78 is 23.5. The molecule has 0 saturated carbocycles.